The fourth-order valence-electron chi connectivity index (χ4n) is 2.43. The monoisotopic (exact) mass is 270 g/mol. The molecule has 0 aromatic heterocycles. The second-order valence-electron chi connectivity index (χ2n) is 4.74. The fraction of sp³-hybridized carbons (Fsp3) is 0.294. The summed E-state index contributed by atoms with van der Waals surface area (Å²) in [6.07, 6.45) is 0.798. The van der Waals surface area contributed by atoms with Crippen LogP contribution in [0, 0.1) is 0 Å². The molecule has 0 atom stereocenters. The van der Waals surface area contributed by atoms with E-state index in [-0.39, 0.29) is 0 Å². The molecule has 1 heterocycles. The van der Waals surface area contributed by atoms with E-state index in [9.17, 15) is 0 Å². The van der Waals surface area contributed by atoms with Gasteiger partial charge in [0.25, 0.3) is 0 Å². The minimum absolute atomic E-state index is 0.578. The molecule has 1 saturated heterocycles. The van der Waals surface area contributed by atoms with Gasteiger partial charge in [-0.05, 0) is 36.4 Å². The van der Waals surface area contributed by atoms with Gasteiger partial charge in [-0.1, -0.05) is 25.1 Å². The Hall–Kier alpha value is -1.84. The maximum absolute atomic E-state index is 5.78. The van der Waals surface area contributed by atoms with Crippen LogP contribution in [0.2, 0.25) is 0 Å². The highest BCUT2D eigenvalue weighted by atomic mass is 16.7. The number of para-hydroxylation sites is 1. The molecule has 2 aromatic carbocycles. The van der Waals surface area contributed by atoms with Gasteiger partial charge in [0.05, 0.1) is 13.2 Å². The van der Waals surface area contributed by atoms with Crippen molar-refractivity contribution >= 4 is 0 Å². The van der Waals surface area contributed by atoms with Crippen LogP contribution in [0.1, 0.15) is 18.9 Å². The summed E-state index contributed by atoms with van der Waals surface area (Å²) >= 11 is 0. The van der Waals surface area contributed by atoms with Crippen LogP contribution in [0.25, 0.3) is 0 Å². The van der Waals surface area contributed by atoms with Crippen LogP contribution in [0.3, 0.4) is 0 Å². The van der Waals surface area contributed by atoms with Gasteiger partial charge >= 0.3 is 0 Å². The molecular formula is C17H18O3. The van der Waals surface area contributed by atoms with Crippen molar-refractivity contribution in [2.24, 2.45) is 0 Å². The molecule has 1 aliphatic heterocycles. The van der Waals surface area contributed by atoms with Crippen molar-refractivity contribution in [2.75, 3.05) is 13.2 Å². The van der Waals surface area contributed by atoms with Crippen LogP contribution in [0.5, 0.6) is 11.5 Å². The molecule has 0 unspecified atom stereocenters. The zero-order chi connectivity index (χ0) is 13.8. The molecule has 3 heteroatoms. The topological polar surface area (TPSA) is 27.7 Å². The summed E-state index contributed by atoms with van der Waals surface area (Å²) in [7, 11) is 0. The van der Waals surface area contributed by atoms with Gasteiger partial charge in [-0.2, -0.15) is 0 Å². The molecule has 104 valence electrons. The number of hydrogen-bond donors (Lipinski definition) is 0. The summed E-state index contributed by atoms with van der Waals surface area (Å²) in [5, 5.41) is 0. The van der Waals surface area contributed by atoms with Gasteiger partial charge in [-0.15, -0.1) is 0 Å². The zero-order valence-electron chi connectivity index (χ0n) is 11.5. The highest BCUT2D eigenvalue weighted by Crippen LogP contribution is 2.35. The molecule has 0 N–H and O–H groups in total. The molecule has 0 aliphatic carbocycles. The average Bonchev–Trinajstić information content (AvgIpc) is 2.99. The van der Waals surface area contributed by atoms with Crippen molar-refractivity contribution in [2.45, 2.75) is 19.1 Å². The Labute approximate surface area is 119 Å². The highest BCUT2D eigenvalue weighted by molar-refractivity contribution is 5.34. The van der Waals surface area contributed by atoms with E-state index < -0.39 is 5.79 Å². The predicted molar refractivity (Wildman–Crippen MR) is 76.8 cm³/mol. The Bertz CT molecular complexity index is 542. The Kier molecular flexibility index (Phi) is 3.72. The van der Waals surface area contributed by atoms with Crippen LogP contribution >= 0.6 is 0 Å². The largest absolute Gasteiger partial charge is 0.457 e. The normalized spacial score (nSPS) is 17.1. The van der Waals surface area contributed by atoms with Gasteiger partial charge in [0, 0.05) is 12.0 Å². The van der Waals surface area contributed by atoms with E-state index in [1.165, 1.54) is 0 Å². The van der Waals surface area contributed by atoms with Gasteiger partial charge in [0.2, 0.25) is 0 Å². The summed E-state index contributed by atoms with van der Waals surface area (Å²) in [4.78, 5) is 0. The lowest BCUT2D eigenvalue weighted by atomic mass is 10.0. The Morgan fingerprint density at radius 1 is 0.900 bits per heavy atom. The Morgan fingerprint density at radius 2 is 1.50 bits per heavy atom. The van der Waals surface area contributed by atoms with Crippen molar-refractivity contribution in [3.8, 4) is 11.5 Å². The molecular weight excluding hydrogens is 252 g/mol. The zero-order valence-corrected chi connectivity index (χ0v) is 11.5. The van der Waals surface area contributed by atoms with E-state index in [1.807, 2.05) is 54.6 Å². The minimum Gasteiger partial charge on any atom is -0.457 e. The van der Waals surface area contributed by atoms with E-state index in [4.69, 9.17) is 14.2 Å². The number of hydrogen-bond acceptors (Lipinski definition) is 3. The van der Waals surface area contributed by atoms with Gasteiger partial charge in [-0.25, -0.2) is 0 Å². The van der Waals surface area contributed by atoms with Crippen LogP contribution in [0.4, 0.5) is 0 Å². The van der Waals surface area contributed by atoms with Crippen LogP contribution < -0.4 is 4.74 Å². The van der Waals surface area contributed by atoms with E-state index in [0.717, 1.165) is 23.5 Å². The molecule has 3 nitrogen and oxygen atoms in total. The highest BCUT2D eigenvalue weighted by Gasteiger charge is 2.36. The third-order valence-corrected chi connectivity index (χ3v) is 3.49. The molecule has 0 radical (unpaired) electrons. The van der Waals surface area contributed by atoms with Crippen molar-refractivity contribution < 1.29 is 14.2 Å². The second-order valence-corrected chi connectivity index (χ2v) is 4.74. The predicted octanol–water partition coefficient (Wildman–Crippen LogP) is 4.09. The first-order valence-electron chi connectivity index (χ1n) is 6.94. The summed E-state index contributed by atoms with van der Waals surface area (Å²) < 4.78 is 17.3. The fourth-order valence-corrected chi connectivity index (χ4v) is 2.43. The molecule has 2 aromatic rings. The quantitative estimate of drug-likeness (QED) is 0.837. The molecule has 1 fully saturated rings. The SMILES string of the molecule is CCC1(c2ccc(Oc3ccccc3)cc2)OCCO1. The second kappa shape index (κ2) is 5.65. The molecule has 3 rings (SSSR count). The van der Waals surface area contributed by atoms with E-state index in [0.29, 0.717) is 13.2 Å². The first kappa shape index (κ1) is 13.2. The summed E-state index contributed by atoms with van der Waals surface area (Å²) in [6, 6.07) is 17.7. The molecule has 0 amide bonds. The molecule has 20 heavy (non-hydrogen) atoms. The average molecular weight is 270 g/mol. The van der Waals surface area contributed by atoms with Crippen molar-refractivity contribution in [1.82, 2.24) is 0 Å². The molecule has 1 aliphatic rings. The molecule has 0 spiro atoms. The third-order valence-electron chi connectivity index (χ3n) is 3.49. The minimum atomic E-state index is -0.578. The van der Waals surface area contributed by atoms with Gasteiger partial charge in [0.15, 0.2) is 5.79 Å². The summed E-state index contributed by atoms with van der Waals surface area (Å²) in [6.45, 7) is 3.37. The number of benzene rings is 2. The Morgan fingerprint density at radius 3 is 2.10 bits per heavy atom. The lowest BCUT2D eigenvalue weighted by Gasteiger charge is -2.26. The van der Waals surface area contributed by atoms with Crippen molar-refractivity contribution in [3.63, 3.8) is 0 Å². The summed E-state index contributed by atoms with van der Waals surface area (Å²) in [5.41, 5.74) is 1.04. The number of rotatable bonds is 4. The standard InChI is InChI=1S/C17H18O3/c1-2-17(18-12-13-19-17)14-8-10-16(11-9-14)20-15-6-4-3-5-7-15/h3-11H,2,12-13H2,1H3. The summed E-state index contributed by atoms with van der Waals surface area (Å²) in [5.74, 6) is 1.06. The molecule has 0 saturated carbocycles. The third kappa shape index (κ3) is 2.55. The van der Waals surface area contributed by atoms with E-state index in [1.54, 1.807) is 0 Å². The van der Waals surface area contributed by atoms with E-state index in [2.05, 4.69) is 6.92 Å². The molecule has 0 bridgehead atoms. The first-order chi connectivity index (χ1) is 9.82. The lowest BCUT2D eigenvalue weighted by Crippen LogP contribution is -2.25. The lowest BCUT2D eigenvalue weighted by molar-refractivity contribution is -0.167. The van der Waals surface area contributed by atoms with Gasteiger partial charge in [0.1, 0.15) is 11.5 Å². The van der Waals surface area contributed by atoms with Crippen LogP contribution in [-0.4, -0.2) is 13.2 Å². The first-order valence-corrected chi connectivity index (χ1v) is 6.94. The maximum atomic E-state index is 5.78. The van der Waals surface area contributed by atoms with Crippen LogP contribution in [0.15, 0.2) is 54.6 Å². The van der Waals surface area contributed by atoms with Gasteiger partial charge < -0.3 is 14.2 Å². The number of ether oxygens (including phenoxy) is 3. The Balaban J connectivity index is 1.78. The van der Waals surface area contributed by atoms with E-state index >= 15 is 0 Å². The van der Waals surface area contributed by atoms with Crippen molar-refractivity contribution in [1.29, 1.82) is 0 Å². The van der Waals surface area contributed by atoms with Crippen molar-refractivity contribution in [3.05, 3.63) is 60.2 Å². The smallest absolute Gasteiger partial charge is 0.194 e. The van der Waals surface area contributed by atoms with Gasteiger partial charge in [-0.3, -0.25) is 0 Å². The maximum Gasteiger partial charge on any atom is 0.194 e. The van der Waals surface area contributed by atoms with Crippen LogP contribution in [-0.2, 0) is 15.3 Å².